The van der Waals surface area contributed by atoms with Crippen LogP contribution in [0.3, 0.4) is 0 Å². The summed E-state index contributed by atoms with van der Waals surface area (Å²) in [6.45, 7) is 10.7. The summed E-state index contributed by atoms with van der Waals surface area (Å²) < 4.78 is 7.11. The van der Waals surface area contributed by atoms with Gasteiger partial charge in [0.15, 0.2) is 0 Å². The molecule has 0 saturated heterocycles. The Morgan fingerprint density at radius 1 is 1.10 bits per heavy atom. The second-order valence-electron chi connectivity index (χ2n) is 8.09. The van der Waals surface area contributed by atoms with Crippen LogP contribution in [0.1, 0.15) is 50.4 Å². The maximum absolute atomic E-state index is 3.99. The predicted molar refractivity (Wildman–Crippen MR) is 121 cm³/mol. The summed E-state index contributed by atoms with van der Waals surface area (Å²) in [7, 11) is 0. The van der Waals surface area contributed by atoms with Gasteiger partial charge in [0.05, 0.1) is 23.0 Å². The summed E-state index contributed by atoms with van der Waals surface area (Å²) in [5.41, 5.74) is 6.49. The first-order valence-electron chi connectivity index (χ1n) is 10.6. The Bertz CT molecular complexity index is 1280. The molecule has 0 aliphatic carbocycles. The number of hydrogen-bond donors (Lipinski definition) is 0. The molecular formula is C26H28N3+. The molecule has 1 aliphatic heterocycles. The number of benzene rings is 1. The molecule has 4 aromatic rings. The van der Waals surface area contributed by atoms with E-state index in [1.807, 2.05) is 6.08 Å². The van der Waals surface area contributed by atoms with Gasteiger partial charge < -0.3 is 4.57 Å². The molecule has 0 atom stereocenters. The first-order chi connectivity index (χ1) is 14.2. The lowest BCUT2D eigenvalue weighted by molar-refractivity contribution is -0.743. The van der Waals surface area contributed by atoms with Crippen LogP contribution < -0.4 is 4.57 Å². The number of allylic oxidation sites excluding steroid dienone is 1. The molecule has 5 rings (SSSR count). The van der Waals surface area contributed by atoms with E-state index in [2.05, 4.69) is 102 Å². The van der Waals surface area contributed by atoms with E-state index in [4.69, 9.17) is 0 Å². The molecular weight excluding hydrogens is 354 g/mol. The molecule has 0 unspecified atom stereocenters. The number of hydrogen-bond acceptors (Lipinski definition) is 0. The molecule has 4 heterocycles. The third-order valence-electron chi connectivity index (χ3n) is 6.89. The summed E-state index contributed by atoms with van der Waals surface area (Å²) in [5, 5.41) is 2.69. The fourth-order valence-corrected chi connectivity index (χ4v) is 5.21. The van der Waals surface area contributed by atoms with Crippen molar-refractivity contribution in [2.75, 3.05) is 0 Å². The van der Waals surface area contributed by atoms with Crippen LogP contribution in [0.4, 0.5) is 0 Å². The number of pyridine rings is 1. The molecule has 29 heavy (non-hydrogen) atoms. The van der Waals surface area contributed by atoms with Gasteiger partial charge in [-0.1, -0.05) is 38.6 Å². The van der Waals surface area contributed by atoms with Gasteiger partial charge >= 0.3 is 0 Å². The Hall–Kier alpha value is -3.07. The van der Waals surface area contributed by atoms with Crippen LogP contribution in [0.25, 0.3) is 34.3 Å². The van der Waals surface area contributed by atoms with Gasteiger partial charge in [0.2, 0.25) is 0 Å². The minimum atomic E-state index is 0.164. The van der Waals surface area contributed by atoms with Crippen molar-refractivity contribution >= 4 is 28.6 Å². The average molecular weight is 383 g/mol. The van der Waals surface area contributed by atoms with Gasteiger partial charge in [-0.3, -0.25) is 0 Å². The second-order valence-corrected chi connectivity index (χ2v) is 8.09. The number of nitrogens with zero attached hydrogens (tertiary/aromatic N) is 3. The Labute approximate surface area is 172 Å². The normalized spacial score (nSPS) is 15.1. The largest absolute Gasteiger partial charge is 0.316 e. The highest BCUT2D eigenvalue weighted by Gasteiger charge is 2.40. The van der Waals surface area contributed by atoms with Crippen molar-refractivity contribution in [2.45, 2.75) is 45.6 Å². The highest BCUT2D eigenvalue weighted by molar-refractivity contribution is 6.01. The molecule has 0 spiro atoms. The van der Waals surface area contributed by atoms with E-state index in [0.717, 1.165) is 24.8 Å². The maximum atomic E-state index is 3.99. The summed E-state index contributed by atoms with van der Waals surface area (Å²) in [5.74, 6) is 0. The van der Waals surface area contributed by atoms with E-state index >= 15 is 0 Å². The summed E-state index contributed by atoms with van der Waals surface area (Å²) >= 11 is 0. The lowest BCUT2D eigenvalue weighted by Gasteiger charge is -2.33. The van der Waals surface area contributed by atoms with Gasteiger partial charge in [-0.05, 0) is 55.2 Å². The molecule has 3 aromatic heterocycles. The maximum Gasteiger partial charge on any atom is 0.294 e. The zero-order valence-corrected chi connectivity index (χ0v) is 17.5. The monoisotopic (exact) mass is 382 g/mol. The number of imidazole rings is 1. The van der Waals surface area contributed by atoms with Gasteiger partial charge in [0, 0.05) is 18.0 Å². The molecule has 0 fully saturated rings. The topological polar surface area (TPSA) is 13.2 Å². The molecule has 0 N–H and O–H groups in total. The van der Waals surface area contributed by atoms with Gasteiger partial charge in [-0.25, -0.2) is 8.97 Å². The van der Waals surface area contributed by atoms with Crippen molar-refractivity contribution < 1.29 is 4.57 Å². The summed E-state index contributed by atoms with van der Waals surface area (Å²) in [6.07, 6.45) is 18.4. The van der Waals surface area contributed by atoms with Crippen LogP contribution in [0.2, 0.25) is 0 Å². The zero-order valence-electron chi connectivity index (χ0n) is 17.5. The van der Waals surface area contributed by atoms with Crippen molar-refractivity contribution in [1.29, 1.82) is 0 Å². The third-order valence-corrected chi connectivity index (χ3v) is 6.89. The van der Waals surface area contributed by atoms with Crippen molar-refractivity contribution in [2.24, 2.45) is 0 Å². The van der Waals surface area contributed by atoms with Crippen LogP contribution >= 0.6 is 0 Å². The molecule has 0 radical (unpaired) electrons. The Kier molecular flexibility index (Phi) is 4.02. The first kappa shape index (κ1) is 18.0. The van der Waals surface area contributed by atoms with Crippen molar-refractivity contribution in [3.8, 4) is 5.69 Å². The molecule has 0 saturated carbocycles. The minimum absolute atomic E-state index is 0.164. The molecule has 1 aromatic carbocycles. The fraction of sp³-hybridized carbons (Fsp3) is 0.269. The van der Waals surface area contributed by atoms with Gasteiger partial charge in [0.1, 0.15) is 17.9 Å². The summed E-state index contributed by atoms with van der Waals surface area (Å²) in [6, 6.07) is 9.05. The number of aromatic nitrogens is 3. The molecule has 3 nitrogen and oxygen atoms in total. The SMILES string of the molecule is C=Cc1ccn(-c2ccc3c4c2ccn2cc[n+](c42)C(CC)(CC)C3)c1C=CC. The lowest BCUT2D eigenvalue weighted by atomic mass is 9.81. The van der Waals surface area contributed by atoms with Crippen molar-refractivity contribution in [1.82, 2.24) is 8.97 Å². The Balaban J connectivity index is 1.87. The van der Waals surface area contributed by atoms with Crippen molar-refractivity contribution in [3.63, 3.8) is 0 Å². The smallest absolute Gasteiger partial charge is 0.294 e. The third kappa shape index (κ3) is 2.33. The van der Waals surface area contributed by atoms with Gasteiger partial charge in [-0.2, -0.15) is 0 Å². The lowest BCUT2D eigenvalue weighted by Crippen LogP contribution is -2.58. The fourth-order valence-electron chi connectivity index (χ4n) is 5.21. The van der Waals surface area contributed by atoms with Crippen LogP contribution in [-0.2, 0) is 12.0 Å². The van der Waals surface area contributed by atoms with E-state index < -0.39 is 0 Å². The van der Waals surface area contributed by atoms with E-state index in [9.17, 15) is 0 Å². The van der Waals surface area contributed by atoms with E-state index in [-0.39, 0.29) is 5.54 Å². The first-order valence-corrected chi connectivity index (χ1v) is 10.6. The van der Waals surface area contributed by atoms with Crippen molar-refractivity contribution in [3.05, 3.63) is 78.5 Å². The number of rotatable bonds is 5. The van der Waals surface area contributed by atoms with Crippen LogP contribution in [0.15, 0.2) is 61.7 Å². The minimum Gasteiger partial charge on any atom is -0.316 e. The standard InChI is InChI=1S/C26H28N3/c1-5-9-22-19(6-2)12-15-28(22)23-11-10-20-18-26(7-3,8-4)29-17-16-27-14-13-21(23)24(20)25(27)29/h5-6,9-17H,2,7-8,18H2,1,3-4H3/q+1. The molecule has 0 bridgehead atoms. The highest BCUT2D eigenvalue weighted by atomic mass is 15.2. The second kappa shape index (κ2) is 6.48. The quantitative estimate of drug-likeness (QED) is 0.380. The Morgan fingerprint density at radius 2 is 1.93 bits per heavy atom. The van der Waals surface area contributed by atoms with E-state index in [0.29, 0.717) is 0 Å². The predicted octanol–water partition coefficient (Wildman–Crippen LogP) is 5.92. The summed E-state index contributed by atoms with van der Waals surface area (Å²) in [4.78, 5) is 0. The van der Waals surface area contributed by atoms with Crippen LogP contribution in [0.5, 0.6) is 0 Å². The molecule has 146 valence electrons. The van der Waals surface area contributed by atoms with Gasteiger partial charge in [-0.15, -0.1) is 0 Å². The average Bonchev–Trinajstić information content (AvgIpc) is 3.37. The Morgan fingerprint density at radius 3 is 2.66 bits per heavy atom. The van der Waals surface area contributed by atoms with Gasteiger partial charge in [0.25, 0.3) is 5.65 Å². The van der Waals surface area contributed by atoms with E-state index in [1.165, 1.54) is 33.4 Å². The molecule has 3 heteroatoms. The zero-order chi connectivity index (χ0) is 20.2. The molecule has 1 aliphatic rings. The van der Waals surface area contributed by atoms with Crippen LogP contribution in [-0.4, -0.2) is 8.97 Å². The highest BCUT2D eigenvalue weighted by Crippen LogP contribution is 2.38. The van der Waals surface area contributed by atoms with E-state index in [1.54, 1.807) is 0 Å². The van der Waals surface area contributed by atoms with Crippen LogP contribution in [0, 0.1) is 0 Å². The molecule has 0 amide bonds.